The van der Waals surface area contributed by atoms with Crippen LogP contribution in [0.15, 0.2) is 39.2 Å². The highest BCUT2D eigenvalue weighted by Gasteiger charge is 2.13. The van der Waals surface area contributed by atoms with Crippen LogP contribution in [0.1, 0.15) is 11.1 Å². The van der Waals surface area contributed by atoms with Crippen LogP contribution in [0.4, 0.5) is 0 Å². The zero-order valence-corrected chi connectivity index (χ0v) is 13.1. The first-order valence-corrected chi connectivity index (χ1v) is 7.09. The summed E-state index contributed by atoms with van der Waals surface area (Å²) in [5.41, 5.74) is 4.98. The van der Waals surface area contributed by atoms with Gasteiger partial charge in [-0.1, -0.05) is 6.07 Å². The van der Waals surface area contributed by atoms with Crippen LogP contribution >= 0.6 is 15.9 Å². The minimum Gasteiger partial charge on any atom is -0.497 e. The largest absolute Gasteiger partial charge is 0.497 e. The van der Waals surface area contributed by atoms with Gasteiger partial charge in [0.15, 0.2) is 5.58 Å². The lowest BCUT2D eigenvalue weighted by Gasteiger charge is -2.01. The van der Waals surface area contributed by atoms with Gasteiger partial charge in [-0.25, -0.2) is 4.98 Å². The molecule has 0 atom stereocenters. The molecule has 0 radical (unpaired) electrons. The van der Waals surface area contributed by atoms with E-state index in [1.165, 1.54) is 11.1 Å². The van der Waals surface area contributed by atoms with Crippen molar-refractivity contribution in [3.05, 3.63) is 45.9 Å². The van der Waals surface area contributed by atoms with Crippen LogP contribution in [-0.2, 0) is 0 Å². The smallest absolute Gasteiger partial charge is 0.227 e. The Balaban J connectivity index is 2.17. The number of methoxy groups -OCH3 is 1. The van der Waals surface area contributed by atoms with E-state index in [0.29, 0.717) is 5.89 Å². The van der Waals surface area contributed by atoms with Crippen molar-refractivity contribution < 1.29 is 9.15 Å². The van der Waals surface area contributed by atoms with Gasteiger partial charge in [-0.2, -0.15) is 0 Å². The lowest BCUT2D eigenvalue weighted by atomic mass is 10.1. The second-order valence-corrected chi connectivity index (χ2v) is 5.63. The number of benzene rings is 2. The molecule has 0 saturated carbocycles. The Hall–Kier alpha value is -1.81. The van der Waals surface area contributed by atoms with Crippen LogP contribution in [0.5, 0.6) is 5.75 Å². The van der Waals surface area contributed by atoms with E-state index in [9.17, 15) is 0 Å². The average Bonchev–Trinajstić information content (AvgIpc) is 2.86. The van der Waals surface area contributed by atoms with Crippen molar-refractivity contribution in [3.8, 4) is 17.2 Å². The Bertz CT molecular complexity index is 793. The van der Waals surface area contributed by atoms with Crippen molar-refractivity contribution in [1.82, 2.24) is 4.98 Å². The fourth-order valence-corrected chi connectivity index (χ4v) is 2.59. The Kier molecular flexibility index (Phi) is 3.26. The summed E-state index contributed by atoms with van der Waals surface area (Å²) in [6, 6.07) is 9.93. The molecule has 0 aliphatic heterocycles. The van der Waals surface area contributed by atoms with Gasteiger partial charge >= 0.3 is 0 Å². The number of aryl methyl sites for hydroxylation is 2. The molecule has 20 heavy (non-hydrogen) atoms. The second kappa shape index (κ2) is 4.94. The molecule has 0 bridgehead atoms. The van der Waals surface area contributed by atoms with E-state index in [0.717, 1.165) is 26.9 Å². The maximum absolute atomic E-state index is 5.87. The topological polar surface area (TPSA) is 35.3 Å². The zero-order chi connectivity index (χ0) is 14.3. The van der Waals surface area contributed by atoms with Crippen molar-refractivity contribution in [3.63, 3.8) is 0 Å². The third-order valence-corrected chi connectivity index (χ3v) is 4.00. The van der Waals surface area contributed by atoms with E-state index in [-0.39, 0.29) is 0 Å². The summed E-state index contributed by atoms with van der Waals surface area (Å²) in [6.45, 7) is 4.17. The van der Waals surface area contributed by atoms with Gasteiger partial charge in [0.1, 0.15) is 11.3 Å². The van der Waals surface area contributed by atoms with Crippen molar-refractivity contribution in [2.75, 3.05) is 7.11 Å². The van der Waals surface area contributed by atoms with Crippen molar-refractivity contribution in [1.29, 1.82) is 0 Å². The number of ether oxygens (including phenoxy) is 1. The van der Waals surface area contributed by atoms with Crippen LogP contribution in [-0.4, -0.2) is 12.1 Å². The quantitative estimate of drug-likeness (QED) is 0.671. The van der Waals surface area contributed by atoms with Crippen LogP contribution in [0.2, 0.25) is 0 Å². The van der Waals surface area contributed by atoms with E-state index in [2.05, 4.69) is 46.9 Å². The molecular weight excluding hydrogens is 318 g/mol. The third-order valence-electron chi connectivity index (χ3n) is 3.41. The Morgan fingerprint density at radius 3 is 2.60 bits per heavy atom. The van der Waals surface area contributed by atoms with Crippen molar-refractivity contribution in [2.24, 2.45) is 0 Å². The van der Waals surface area contributed by atoms with Gasteiger partial charge in [0.2, 0.25) is 5.89 Å². The fourth-order valence-electron chi connectivity index (χ4n) is 2.08. The molecule has 1 heterocycles. The summed E-state index contributed by atoms with van der Waals surface area (Å²) in [4.78, 5) is 4.55. The van der Waals surface area contributed by atoms with E-state index in [4.69, 9.17) is 9.15 Å². The molecule has 2 aromatic carbocycles. The molecule has 4 heteroatoms. The molecule has 1 aromatic heterocycles. The van der Waals surface area contributed by atoms with Crippen molar-refractivity contribution >= 4 is 27.0 Å². The van der Waals surface area contributed by atoms with E-state index in [1.807, 2.05) is 18.2 Å². The van der Waals surface area contributed by atoms with Crippen LogP contribution in [0.3, 0.4) is 0 Å². The standard InChI is InChI=1S/C16H14BrNO2/c1-9-4-5-11(6-10(9)2)16-18-14-8-12(19-3)7-13(17)15(14)20-16/h4-8H,1-3H3. The Morgan fingerprint density at radius 1 is 1.10 bits per heavy atom. The second-order valence-electron chi connectivity index (χ2n) is 4.78. The highest BCUT2D eigenvalue weighted by Crippen LogP contribution is 2.33. The molecule has 0 aliphatic rings. The van der Waals surface area contributed by atoms with Gasteiger partial charge in [0, 0.05) is 11.6 Å². The van der Waals surface area contributed by atoms with E-state index in [1.54, 1.807) is 7.11 Å². The van der Waals surface area contributed by atoms with Gasteiger partial charge in [-0.05, 0) is 59.1 Å². The molecule has 0 amide bonds. The maximum atomic E-state index is 5.87. The van der Waals surface area contributed by atoms with Gasteiger partial charge in [0.25, 0.3) is 0 Å². The summed E-state index contributed by atoms with van der Waals surface area (Å²) < 4.78 is 11.9. The average molecular weight is 332 g/mol. The van der Waals surface area contributed by atoms with Gasteiger partial charge in [-0.15, -0.1) is 0 Å². The summed E-state index contributed by atoms with van der Waals surface area (Å²) in [5.74, 6) is 1.38. The first kappa shape index (κ1) is 13.2. The lowest BCUT2D eigenvalue weighted by Crippen LogP contribution is -1.83. The van der Waals surface area contributed by atoms with Gasteiger partial charge in [0.05, 0.1) is 11.6 Å². The number of halogens is 1. The highest BCUT2D eigenvalue weighted by molar-refractivity contribution is 9.10. The minimum absolute atomic E-state index is 0.622. The third kappa shape index (κ3) is 2.20. The fraction of sp³-hybridized carbons (Fsp3) is 0.188. The first-order chi connectivity index (χ1) is 9.58. The number of hydrogen-bond acceptors (Lipinski definition) is 3. The molecule has 102 valence electrons. The van der Waals surface area contributed by atoms with E-state index < -0.39 is 0 Å². The van der Waals surface area contributed by atoms with Gasteiger partial charge in [-0.3, -0.25) is 0 Å². The molecule has 0 fully saturated rings. The number of fused-ring (bicyclic) bond motifs is 1. The molecule has 3 rings (SSSR count). The predicted molar refractivity (Wildman–Crippen MR) is 83.2 cm³/mol. The predicted octanol–water partition coefficient (Wildman–Crippen LogP) is 4.88. The molecule has 3 aromatic rings. The summed E-state index contributed by atoms with van der Waals surface area (Å²) >= 11 is 3.49. The molecule has 0 saturated heterocycles. The molecule has 0 aliphatic carbocycles. The summed E-state index contributed by atoms with van der Waals surface area (Å²) in [7, 11) is 1.64. The zero-order valence-electron chi connectivity index (χ0n) is 11.5. The first-order valence-electron chi connectivity index (χ1n) is 6.30. The number of hydrogen-bond donors (Lipinski definition) is 0. The molecule has 0 spiro atoms. The van der Waals surface area contributed by atoms with Crippen LogP contribution in [0.25, 0.3) is 22.6 Å². The molecule has 0 unspecified atom stereocenters. The maximum Gasteiger partial charge on any atom is 0.227 e. The molecule has 0 N–H and O–H groups in total. The Morgan fingerprint density at radius 2 is 1.90 bits per heavy atom. The summed E-state index contributed by atoms with van der Waals surface area (Å²) in [5, 5.41) is 0. The molecular formula is C16H14BrNO2. The monoisotopic (exact) mass is 331 g/mol. The number of nitrogens with zero attached hydrogens (tertiary/aromatic N) is 1. The normalized spacial score (nSPS) is 11.0. The number of rotatable bonds is 2. The number of oxazole rings is 1. The molecule has 3 nitrogen and oxygen atoms in total. The lowest BCUT2D eigenvalue weighted by molar-refractivity contribution is 0.415. The van der Waals surface area contributed by atoms with Crippen molar-refractivity contribution in [2.45, 2.75) is 13.8 Å². The van der Waals surface area contributed by atoms with E-state index >= 15 is 0 Å². The highest BCUT2D eigenvalue weighted by atomic mass is 79.9. The minimum atomic E-state index is 0.622. The van der Waals surface area contributed by atoms with Crippen LogP contribution in [0, 0.1) is 13.8 Å². The van der Waals surface area contributed by atoms with Crippen LogP contribution < -0.4 is 4.74 Å². The number of aromatic nitrogens is 1. The Labute approximate surface area is 125 Å². The summed E-state index contributed by atoms with van der Waals surface area (Å²) in [6.07, 6.45) is 0. The van der Waals surface area contributed by atoms with Gasteiger partial charge < -0.3 is 9.15 Å². The SMILES string of the molecule is COc1cc(Br)c2oc(-c3ccc(C)c(C)c3)nc2c1.